The van der Waals surface area contributed by atoms with Crippen LogP contribution in [0.15, 0.2) is 6.20 Å². The van der Waals surface area contributed by atoms with Crippen LogP contribution in [0.2, 0.25) is 0 Å². The molecular weight excluding hydrogens is 226 g/mol. The van der Waals surface area contributed by atoms with E-state index >= 15 is 0 Å². The van der Waals surface area contributed by atoms with Crippen molar-refractivity contribution in [3.05, 3.63) is 17.5 Å². The number of aliphatic hydroxyl groups is 1. The maximum Gasteiger partial charge on any atom is 0.0722 e. The molecule has 0 aromatic carbocycles. The predicted octanol–water partition coefficient (Wildman–Crippen LogP) is 1.67. The van der Waals surface area contributed by atoms with Gasteiger partial charge in [0, 0.05) is 43.4 Å². The Morgan fingerprint density at radius 2 is 2.11 bits per heavy atom. The zero-order valence-electron chi connectivity index (χ0n) is 12.0. The normalized spacial score (nSPS) is 16.6. The number of hydrogen-bond acceptors (Lipinski definition) is 3. The molecule has 1 N–H and O–H groups in total. The van der Waals surface area contributed by atoms with Gasteiger partial charge in [0.2, 0.25) is 0 Å². The summed E-state index contributed by atoms with van der Waals surface area (Å²) >= 11 is 0. The number of aliphatic hydroxyl groups excluding tert-OH is 1. The molecule has 4 heteroatoms. The second-order valence-corrected chi connectivity index (χ2v) is 6.35. The summed E-state index contributed by atoms with van der Waals surface area (Å²) in [6, 6.07) is 0.671. The summed E-state index contributed by atoms with van der Waals surface area (Å²) in [5.74, 6) is 0. The van der Waals surface area contributed by atoms with Crippen molar-refractivity contribution in [1.29, 1.82) is 0 Å². The highest BCUT2D eigenvalue weighted by atomic mass is 16.3. The van der Waals surface area contributed by atoms with Gasteiger partial charge >= 0.3 is 0 Å². The largest absolute Gasteiger partial charge is 0.395 e. The maximum atomic E-state index is 9.16. The van der Waals surface area contributed by atoms with Crippen LogP contribution in [0.1, 0.15) is 44.9 Å². The average Bonchev–Trinajstić information content (AvgIpc) is 3.01. The van der Waals surface area contributed by atoms with Gasteiger partial charge in [-0.1, -0.05) is 20.8 Å². The van der Waals surface area contributed by atoms with Crippen molar-refractivity contribution < 1.29 is 5.11 Å². The van der Waals surface area contributed by atoms with Gasteiger partial charge in [-0.25, -0.2) is 0 Å². The molecule has 18 heavy (non-hydrogen) atoms. The van der Waals surface area contributed by atoms with E-state index < -0.39 is 0 Å². The first-order valence-corrected chi connectivity index (χ1v) is 6.79. The van der Waals surface area contributed by atoms with Crippen LogP contribution in [0.25, 0.3) is 0 Å². The van der Waals surface area contributed by atoms with Crippen molar-refractivity contribution in [1.82, 2.24) is 14.7 Å². The van der Waals surface area contributed by atoms with Gasteiger partial charge in [0.25, 0.3) is 0 Å². The first-order chi connectivity index (χ1) is 8.41. The summed E-state index contributed by atoms with van der Waals surface area (Å²) in [7, 11) is 1.98. The van der Waals surface area contributed by atoms with Gasteiger partial charge in [-0.05, 0) is 12.8 Å². The van der Waals surface area contributed by atoms with Crippen molar-refractivity contribution in [3.8, 4) is 0 Å². The first-order valence-electron chi connectivity index (χ1n) is 6.79. The molecule has 1 saturated carbocycles. The van der Waals surface area contributed by atoms with E-state index in [4.69, 9.17) is 5.11 Å². The summed E-state index contributed by atoms with van der Waals surface area (Å²) in [6.07, 6.45) is 4.66. The standard InChI is InChI=1S/C14H25N3O/c1-14(2,3)13-11(9-16(4)15-13)10-17(7-8-18)12-5-6-12/h9,12,18H,5-8,10H2,1-4H3. The maximum absolute atomic E-state index is 9.16. The molecule has 0 unspecified atom stereocenters. The Kier molecular flexibility index (Phi) is 3.78. The quantitative estimate of drug-likeness (QED) is 0.865. The Bertz CT molecular complexity index is 402. The lowest BCUT2D eigenvalue weighted by Crippen LogP contribution is -2.29. The topological polar surface area (TPSA) is 41.3 Å². The Labute approximate surface area is 110 Å². The summed E-state index contributed by atoms with van der Waals surface area (Å²) in [5.41, 5.74) is 2.55. The van der Waals surface area contributed by atoms with Gasteiger partial charge in [-0.3, -0.25) is 9.58 Å². The van der Waals surface area contributed by atoms with E-state index in [0.717, 1.165) is 13.1 Å². The SMILES string of the molecule is Cn1cc(CN(CCO)C2CC2)c(C(C)(C)C)n1. The van der Waals surface area contributed by atoms with Crippen molar-refractivity contribution in [2.24, 2.45) is 7.05 Å². The zero-order chi connectivity index (χ0) is 13.3. The third-order valence-electron chi connectivity index (χ3n) is 3.44. The van der Waals surface area contributed by atoms with Crippen LogP contribution in [0.3, 0.4) is 0 Å². The number of aromatic nitrogens is 2. The van der Waals surface area contributed by atoms with E-state index in [0.29, 0.717) is 6.04 Å². The lowest BCUT2D eigenvalue weighted by Gasteiger charge is -2.23. The summed E-state index contributed by atoms with van der Waals surface area (Å²) in [5, 5.41) is 13.8. The van der Waals surface area contributed by atoms with Crippen molar-refractivity contribution in [2.45, 2.75) is 51.6 Å². The fourth-order valence-corrected chi connectivity index (χ4v) is 2.46. The number of hydrogen-bond donors (Lipinski definition) is 1. The van der Waals surface area contributed by atoms with Crippen LogP contribution in [-0.2, 0) is 19.0 Å². The third kappa shape index (κ3) is 3.12. The van der Waals surface area contributed by atoms with Crippen LogP contribution >= 0.6 is 0 Å². The smallest absolute Gasteiger partial charge is 0.0722 e. The molecule has 2 rings (SSSR count). The zero-order valence-corrected chi connectivity index (χ0v) is 12.0. The highest BCUT2D eigenvalue weighted by molar-refractivity contribution is 5.24. The highest BCUT2D eigenvalue weighted by Gasteiger charge is 2.30. The van der Waals surface area contributed by atoms with Gasteiger partial charge in [-0.15, -0.1) is 0 Å². The molecule has 102 valence electrons. The predicted molar refractivity (Wildman–Crippen MR) is 72.4 cm³/mol. The van der Waals surface area contributed by atoms with E-state index in [9.17, 15) is 0 Å². The summed E-state index contributed by atoms with van der Waals surface area (Å²) < 4.78 is 1.90. The van der Waals surface area contributed by atoms with Crippen LogP contribution in [0.4, 0.5) is 0 Å². The minimum Gasteiger partial charge on any atom is -0.395 e. The molecule has 1 fully saturated rings. The van der Waals surface area contributed by atoms with Gasteiger partial charge in [0.1, 0.15) is 0 Å². The molecule has 1 aliphatic carbocycles. The molecule has 1 aromatic heterocycles. The Balaban J connectivity index is 2.16. The fraction of sp³-hybridized carbons (Fsp3) is 0.786. The van der Waals surface area contributed by atoms with Gasteiger partial charge < -0.3 is 5.11 Å². The van der Waals surface area contributed by atoms with Gasteiger partial charge in [0.05, 0.1) is 12.3 Å². The molecule has 1 aliphatic rings. The van der Waals surface area contributed by atoms with E-state index in [1.54, 1.807) is 0 Å². The molecule has 0 amide bonds. The molecule has 0 spiro atoms. The molecule has 4 nitrogen and oxygen atoms in total. The van der Waals surface area contributed by atoms with Crippen molar-refractivity contribution in [3.63, 3.8) is 0 Å². The Hall–Kier alpha value is -0.870. The van der Waals surface area contributed by atoms with Crippen LogP contribution in [0, 0.1) is 0 Å². The summed E-state index contributed by atoms with van der Waals surface area (Å²) in [4.78, 5) is 2.38. The summed E-state index contributed by atoms with van der Waals surface area (Å²) in [6.45, 7) is 8.52. The fourth-order valence-electron chi connectivity index (χ4n) is 2.46. The third-order valence-corrected chi connectivity index (χ3v) is 3.44. The molecule has 0 bridgehead atoms. The number of rotatable bonds is 5. The lowest BCUT2D eigenvalue weighted by atomic mass is 9.89. The first kappa shape index (κ1) is 13.6. The van der Waals surface area contributed by atoms with Crippen molar-refractivity contribution in [2.75, 3.05) is 13.2 Å². The van der Waals surface area contributed by atoms with Crippen LogP contribution in [0.5, 0.6) is 0 Å². The monoisotopic (exact) mass is 251 g/mol. The minimum atomic E-state index is 0.0744. The molecule has 0 aliphatic heterocycles. The van der Waals surface area contributed by atoms with Crippen molar-refractivity contribution >= 4 is 0 Å². The molecular formula is C14H25N3O. The Morgan fingerprint density at radius 3 is 2.61 bits per heavy atom. The van der Waals surface area contributed by atoms with E-state index in [1.807, 2.05) is 11.7 Å². The van der Waals surface area contributed by atoms with Crippen LogP contribution in [-0.4, -0.2) is 39.0 Å². The van der Waals surface area contributed by atoms with Crippen LogP contribution < -0.4 is 0 Å². The second-order valence-electron chi connectivity index (χ2n) is 6.35. The molecule has 1 aromatic rings. The second kappa shape index (κ2) is 5.02. The number of aryl methyl sites for hydroxylation is 1. The minimum absolute atomic E-state index is 0.0744. The van der Waals surface area contributed by atoms with E-state index in [2.05, 4.69) is 37.0 Å². The molecule has 1 heterocycles. The highest BCUT2D eigenvalue weighted by Crippen LogP contribution is 2.30. The number of nitrogens with zero attached hydrogens (tertiary/aromatic N) is 3. The van der Waals surface area contributed by atoms with E-state index in [-0.39, 0.29) is 12.0 Å². The lowest BCUT2D eigenvalue weighted by molar-refractivity contribution is 0.182. The molecule has 0 radical (unpaired) electrons. The molecule has 0 saturated heterocycles. The Morgan fingerprint density at radius 1 is 1.44 bits per heavy atom. The average molecular weight is 251 g/mol. The van der Waals surface area contributed by atoms with Gasteiger partial charge in [-0.2, -0.15) is 5.10 Å². The van der Waals surface area contributed by atoms with E-state index in [1.165, 1.54) is 24.1 Å². The van der Waals surface area contributed by atoms with Gasteiger partial charge in [0.15, 0.2) is 0 Å². The molecule has 0 atom stereocenters.